The first kappa shape index (κ1) is 16.0. The van der Waals surface area contributed by atoms with Crippen molar-refractivity contribution in [3.63, 3.8) is 0 Å². The van der Waals surface area contributed by atoms with Crippen LogP contribution >= 0.6 is 0 Å². The second-order valence-electron chi connectivity index (χ2n) is 6.57. The van der Waals surface area contributed by atoms with Crippen LogP contribution in [0.2, 0.25) is 0 Å². The lowest BCUT2D eigenvalue weighted by Crippen LogP contribution is -2.45. The van der Waals surface area contributed by atoms with Crippen molar-refractivity contribution < 1.29 is 9.59 Å². The highest BCUT2D eigenvalue weighted by molar-refractivity contribution is 5.85. The van der Waals surface area contributed by atoms with Gasteiger partial charge < -0.3 is 16.0 Å². The Balaban J connectivity index is 2.27. The van der Waals surface area contributed by atoms with E-state index >= 15 is 0 Å². The Morgan fingerprint density at radius 1 is 1.26 bits per heavy atom. The molecule has 0 aromatic carbocycles. The molecule has 5 heteroatoms. The summed E-state index contributed by atoms with van der Waals surface area (Å²) in [4.78, 5) is 25.4. The molecule has 19 heavy (non-hydrogen) atoms. The fourth-order valence-electron chi connectivity index (χ4n) is 2.25. The predicted octanol–water partition coefficient (Wildman–Crippen LogP) is 0.736. The lowest BCUT2D eigenvalue weighted by Gasteiger charge is -2.31. The maximum absolute atomic E-state index is 11.9. The summed E-state index contributed by atoms with van der Waals surface area (Å²) in [6.45, 7) is 8.35. The molecule has 0 spiro atoms. The number of nitrogens with two attached hydrogens (primary N) is 1. The van der Waals surface area contributed by atoms with Crippen LogP contribution in [-0.4, -0.2) is 42.9 Å². The number of rotatable bonds is 4. The summed E-state index contributed by atoms with van der Waals surface area (Å²) in [6.07, 6.45) is 2.38. The first-order valence-corrected chi connectivity index (χ1v) is 7.06. The van der Waals surface area contributed by atoms with Gasteiger partial charge in [0.15, 0.2) is 0 Å². The Morgan fingerprint density at radius 2 is 1.84 bits per heavy atom. The van der Waals surface area contributed by atoms with Crippen LogP contribution in [0.25, 0.3) is 0 Å². The first-order valence-electron chi connectivity index (χ1n) is 7.06. The van der Waals surface area contributed by atoms with E-state index in [-0.39, 0.29) is 23.8 Å². The quantitative estimate of drug-likeness (QED) is 0.790. The van der Waals surface area contributed by atoms with Gasteiger partial charge in [-0.1, -0.05) is 20.8 Å². The highest BCUT2D eigenvalue weighted by Crippen LogP contribution is 2.18. The van der Waals surface area contributed by atoms with Crippen molar-refractivity contribution in [3.8, 4) is 0 Å². The van der Waals surface area contributed by atoms with Crippen molar-refractivity contribution in [3.05, 3.63) is 0 Å². The summed E-state index contributed by atoms with van der Waals surface area (Å²) < 4.78 is 0. The largest absolute Gasteiger partial charge is 0.347 e. The Morgan fingerprint density at radius 3 is 2.32 bits per heavy atom. The van der Waals surface area contributed by atoms with E-state index in [2.05, 4.69) is 5.32 Å². The van der Waals surface area contributed by atoms with Crippen LogP contribution in [0.4, 0.5) is 0 Å². The second kappa shape index (κ2) is 6.89. The number of carbonyl (C=O) groups is 2. The van der Waals surface area contributed by atoms with E-state index in [1.165, 1.54) is 0 Å². The fraction of sp³-hybridized carbons (Fsp3) is 0.857. The molecule has 3 N–H and O–H groups in total. The molecule has 0 saturated carbocycles. The molecule has 0 atom stereocenters. The van der Waals surface area contributed by atoms with Crippen LogP contribution in [0.5, 0.6) is 0 Å². The summed E-state index contributed by atoms with van der Waals surface area (Å²) in [5, 5.41) is 2.71. The van der Waals surface area contributed by atoms with Crippen molar-refractivity contribution in [2.45, 2.75) is 40.0 Å². The van der Waals surface area contributed by atoms with Crippen LogP contribution in [0.3, 0.4) is 0 Å². The molecule has 1 fully saturated rings. The van der Waals surface area contributed by atoms with Gasteiger partial charge in [0.25, 0.3) is 0 Å². The Labute approximate surface area is 115 Å². The summed E-state index contributed by atoms with van der Waals surface area (Å²) in [7, 11) is 0. The lowest BCUT2D eigenvalue weighted by atomic mass is 9.92. The average Bonchev–Trinajstić information content (AvgIpc) is 2.34. The number of hydrogen-bond donors (Lipinski definition) is 2. The van der Waals surface area contributed by atoms with Crippen molar-refractivity contribution in [2.24, 2.45) is 17.1 Å². The van der Waals surface area contributed by atoms with Gasteiger partial charge in [-0.15, -0.1) is 0 Å². The van der Waals surface area contributed by atoms with Gasteiger partial charge in [0.1, 0.15) is 0 Å². The first-order chi connectivity index (χ1) is 8.81. The molecule has 0 unspecified atom stereocenters. The summed E-state index contributed by atoms with van der Waals surface area (Å²) in [5.41, 5.74) is 5.57. The SMILES string of the molecule is CC(C)(C)CC(=O)NCC(=O)N1CCC(CN)CC1. The molecule has 0 aromatic rings. The molecule has 0 radical (unpaired) electrons. The van der Waals surface area contributed by atoms with Crippen molar-refractivity contribution in [1.82, 2.24) is 10.2 Å². The van der Waals surface area contributed by atoms with Crippen LogP contribution in [0.1, 0.15) is 40.0 Å². The number of piperidine rings is 1. The third-order valence-electron chi connectivity index (χ3n) is 3.43. The van der Waals surface area contributed by atoms with Gasteiger partial charge in [-0.2, -0.15) is 0 Å². The van der Waals surface area contributed by atoms with Crippen molar-refractivity contribution in [1.29, 1.82) is 0 Å². The number of nitrogens with zero attached hydrogens (tertiary/aromatic N) is 1. The monoisotopic (exact) mass is 269 g/mol. The summed E-state index contributed by atoms with van der Waals surface area (Å²) in [6, 6.07) is 0. The standard InChI is InChI=1S/C14H27N3O2/c1-14(2,3)8-12(18)16-10-13(19)17-6-4-11(9-15)5-7-17/h11H,4-10,15H2,1-3H3,(H,16,18). The smallest absolute Gasteiger partial charge is 0.241 e. The minimum Gasteiger partial charge on any atom is -0.347 e. The molecule has 1 heterocycles. The average molecular weight is 269 g/mol. The molecule has 1 aliphatic rings. The van der Waals surface area contributed by atoms with Gasteiger partial charge in [-0.25, -0.2) is 0 Å². The molecular formula is C14H27N3O2. The molecule has 1 aliphatic heterocycles. The van der Waals surface area contributed by atoms with E-state index in [9.17, 15) is 9.59 Å². The highest BCUT2D eigenvalue weighted by atomic mass is 16.2. The van der Waals surface area contributed by atoms with Gasteiger partial charge in [0.2, 0.25) is 11.8 Å². The lowest BCUT2D eigenvalue weighted by molar-refractivity contribution is -0.134. The molecular weight excluding hydrogens is 242 g/mol. The summed E-state index contributed by atoms with van der Waals surface area (Å²) >= 11 is 0. The van der Waals surface area contributed by atoms with Gasteiger partial charge in [0, 0.05) is 19.5 Å². The van der Waals surface area contributed by atoms with Crippen molar-refractivity contribution >= 4 is 11.8 Å². The Bertz CT molecular complexity index is 315. The minimum atomic E-state index is -0.0577. The van der Waals surface area contributed by atoms with Crippen LogP contribution < -0.4 is 11.1 Å². The molecule has 0 bridgehead atoms. The van der Waals surface area contributed by atoms with Crippen LogP contribution in [0, 0.1) is 11.3 Å². The zero-order valence-corrected chi connectivity index (χ0v) is 12.4. The molecule has 2 amide bonds. The summed E-state index contributed by atoms with van der Waals surface area (Å²) in [5.74, 6) is 0.495. The molecule has 1 rings (SSSR count). The van der Waals surface area contributed by atoms with E-state index in [0.29, 0.717) is 18.9 Å². The minimum absolute atomic E-state index is 0.0118. The number of carbonyl (C=O) groups excluding carboxylic acids is 2. The number of hydrogen-bond acceptors (Lipinski definition) is 3. The molecule has 5 nitrogen and oxygen atoms in total. The van der Waals surface area contributed by atoms with Gasteiger partial charge >= 0.3 is 0 Å². The van der Waals surface area contributed by atoms with E-state index in [1.54, 1.807) is 0 Å². The van der Waals surface area contributed by atoms with Crippen molar-refractivity contribution in [2.75, 3.05) is 26.2 Å². The second-order valence-corrected chi connectivity index (χ2v) is 6.57. The van der Waals surface area contributed by atoms with E-state index in [0.717, 1.165) is 25.9 Å². The van der Waals surface area contributed by atoms with Gasteiger partial charge in [-0.3, -0.25) is 9.59 Å². The predicted molar refractivity (Wildman–Crippen MR) is 75.4 cm³/mol. The van der Waals surface area contributed by atoms with Gasteiger partial charge in [-0.05, 0) is 30.7 Å². The number of likely N-dealkylation sites (tertiary alicyclic amines) is 1. The number of amides is 2. The molecule has 110 valence electrons. The topological polar surface area (TPSA) is 75.4 Å². The molecule has 0 aliphatic carbocycles. The Hall–Kier alpha value is -1.10. The Kier molecular flexibility index (Phi) is 5.79. The van der Waals surface area contributed by atoms with E-state index in [1.807, 2.05) is 25.7 Å². The zero-order chi connectivity index (χ0) is 14.5. The maximum Gasteiger partial charge on any atom is 0.241 e. The van der Waals surface area contributed by atoms with E-state index in [4.69, 9.17) is 5.73 Å². The maximum atomic E-state index is 11.9. The number of nitrogens with one attached hydrogen (secondary N) is 1. The third-order valence-corrected chi connectivity index (χ3v) is 3.43. The van der Waals surface area contributed by atoms with E-state index < -0.39 is 0 Å². The van der Waals surface area contributed by atoms with Crippen LogP contribution in [-0.2, 0) is 9.59 Å². The third kappa shape index (κ3) is 6.05. The zero-order valence-electron chi connectivity index (χ0n) is 12.4. The molecule has 1 saturated heterocycles. The van der Waals surface area contributed by atoms with Gasteiger partial charge in [0.05, 0.1) is 6.54 Å². The van der Waals surface area contributed by atoms with Crippen LogP contribution in [0.15, 0.2) is 0 Å². The fourth-order valence-corrected chi connectivity index (χ4v) is 2.25. The normalized spacial score (nSPS) is 17.4. The highest BCUT2D eigenvalue weighted by Gasteiger charge is 2.22. The molecule has 0 aromatic heterocycles.